The monoisotopic (exact) mass is 205 g/mol. The summed E-state index contributed by atoms with van der Waals surface area (Å²) in [6, 6.07) is 4.19. The molecule has 15 heavy (non-hydrogen) atoms. The zero-order valence-corrected chi connectivity index (χ0v) is 8.89. The van der Waals surface area contributed by atoms with Crippen LogP contribution in [0.3, 0.4) is 0 Å². The van der Waals surface area contributed by atoms with E-state index < -0.39 is 0 Å². The smallest absolute Gasteiger partial charge is 0.135 e. The molecular formula is C11H15N3O. The van der Waals surface area contributed by atoms with Gasteiger partial charge in [-0.25, -0.2) is 0 Å². The van der Waals surface area contributed by atoms with Crippen molar-refractivity contribution >= 4 is 5.78 Å². The number of rotatable bonds is 2. The second kappa shape index (κ2) is 4.49. The molecule has 0 aromatic carbocycles. The van der Waals surface area contributed by atoms with Crippen LogP contribution in [0.1, 0.15) is 25.5 Å². The van der Waals surface area contributed by atoms with E-state index in [0.717, 1.165) is 18.8 Å². The van der Waals surface area contributed by atoms with E-state index in [1.54, 1.807) is 6.20 Å². The zero-order valence-electron chi connectivity index (χ0n) is 8.89. The van der Waals surface area contributed by atoms with Crippen LogP contribution in [0, 0.1) is 0 Å². The molecule has 0 spiro atoms. The number of carbonyl (C=O) groups excluding carboxylic acids is 1. The second-order valence-electron chi connectivity index (χ2n) is 4.03. The topological polar surface area (TPSA) is 46.1 Å². The summed E-state index contributed by atoms with van der Waals surface area (Å²) in [4.78, 5) is 13.5. The standard InChI is InChI=1S/C11H15N3O/c1-9-7-11(15)4-6-14(9)8-10-3-2-5-12-13-10/h2-3,5,9H,4,6-8H2,1H3. The molecule has 0 saturated carbocycles. The molecule has 1 aliphatic rings. The Morgan fingerprint density at radius 3 is 3.13 bits per heavy atom. The predicted molar refractivity (Wildman–Crippen MR) is 56.1 cm³/mol. The molecule has 0 bridgehead atoms. The minimum atomic E-state index is 0.327. The summed E-state index contributed by atoms with van der Waals surface area (Å²) in [5.41, 5.74) is 0.971. The maximum absolute atomic E-state index is 11.2. The van der Waals surface area contributed by atoms with Gasteiger partial charge in [0.15, 0.2) is 0 Å². The molecule has 1 saturated heterocycles. The number of hydrogen-bond acceptors (Lipinski definition) is 4. The van der Waals surface area contributed by atoms with Crippen LogP contribution in [0.4, 0.5) is 0 Å². The summed E-state index contributed by atoms with van der Waals surface area (Å²) in [6.07, 6.45) is 3.01. The number of carbonyl (C=O) groups is 1. The highest BCUT2D eigenvalue weighted by Crippen LogP contribution is 2.15. The van der Waals surface area contributed by atoms with Crippen molar-refractivity contribution in [3.63, 3.8) is 0 Å². The number of Topliss-reactive ketones (excluding diaryl/α,β-unsaturated/α-hetero) is 1. The highest BCUT2D eigenvalue weighted by atomic mass is 16.1. The quantitative estimate of drug-likeness (QED) is 0.723. The Balaban J connectivity index is 1.98. The normalized spacial score (nSPS) is 23.0. The molecule has 1 atom stereocenters. The Morgan fingerprint density at radius 2 is 2.47 bits per heavy atom. The molecule has 4 nitrogen and oxygen atoms in total. The highest BCUT2D eigenvalue weighted by Gasteiger charge is 2.23. The van der Waals surface area contributed by atoms with Crippen LogP contribution < -0.4 is 0 Å². The fourth-order valence-corrected chi connectivity index (χ4v) is 1.91. The van der Waals surface area contributed by atoms with Crippen LogP contribution in [0.5, 0.6) is 0 Å². The molecule has 1 aliphatic heterocycles. The number of nitrogens with zero attached hydrogens (tertiary/aromatic N) is 3. The Labute approximate surface area is 89.3 Å². The molecule has 80 valence electrons. The molecule has 0 N–H and O–H groups in total. The van der Waals surface area contributed by atoms with E-state index in [0.29, 0.717) is 24.7 Å². The van der Waals surface area contributed by atoms with Gasteiger partial charge in [-0.15, -0.1) is 0 Å². The van der Waals surface area contributed by atoms with Gasteiger partial charge in [-0.05, 0) is 19.1 Å². The van der Waals surface area contributed by atoms with Crippen molar-refractivity contribution in [2.75, 3.05) is 6.54 Å². The fourth-order valence-electron chi connectivity index (χ4n) is 1.91. The summed E-state index contributed by atoms with van der Waals surface area (Å²) in [5.74, 6) is 0.373. The molecule has 1 aromatic heterocycles. The van der Waals surface area contributed by atoms with Crippen molar-refractivity contribution in [1.29, 1.82) is 0 Å². The van der Waals surface area contributed by atoms with Gasteiger partial charge >= 0.3 is 0 Å². The van der Waals surface area contributed by atoms with Gasteiger partial charge in [-0.3, -0.25) is 9.69 Å². The molecular weight excluding hydrogens is 190 g/mol. The number of piperidine rings is 1. The van der Waals surface area contributed by atoms with E-state index >= 15 is 0 Å². The van der Waals surface area contributed by atoms with Crippen molar-refractivity contribution in [2.45, 2.75) is 32.4 Å². The Hall–Kier alpha value is -1.29. The van der Waals surface area contributed by atoms with Gasteiger partial charge in [0, 0.05) is 38.2 Å². The van der Waals surface area contributed by atoms with Crippen molar-refractivity contribution < 1.29 is 4.79 Å². The van der Waals surface area contributed by atoms with Gasteiger partial charge in [0.1, 0.15) is 5.78 Å². The first kappa shape index (κ1) is 10.2. The fraction of sp³-hybridized carbons (Fsp3) is 0.545. The first-order valence-corrected chi connectivity index (χ1v) is 5.28. The maximum Gasteiger partial charge on any atom is 0.135 e. The van der Waals surface area contributed by atoms with Crippen LogP contribution >= 0.6 is 0 Å². The number of aromatic nitrogens is 2. The lowest BCUT2D eigenvalue weighted by molar-refractivity contribution is -0.123. The third-order valence-corrected chi connectivity index (χ3v) is 2.82. The van der Waals surface area contributed by atoms with Crippen LogP contribution in [0.15, 0.2) is 18.3 Å². The first-order valence-electron chi connectivity index (χ1n) is 5.28. The molecule has 0 radical (unpaired) electrons. The second-order valence-corrected chi connectivity index (χ2v) is 4.03. The van der Waals surface area contributed by atoms with Crippen molar-refractivity contribution in [3.05, 3.63) is 24.0 Å². The lowest BCUT2D eigenvalue weighted by Crippen LogP contribution is -2.40. The molecule has 1 aromatic rings. The Kier molecular flexibility index (Phi) is 3.06. The van der Waals surface area contributed by atoms with Gasteiger partial charge in [-0.1, -0.05) is 0 Å². The van der Waals surface area contributed by atoms with Gasteiger partial charge < -0.3 is 0 Å². The van der Waals surface area contributed by atoms with Gasteiger partial charge in [0.2, 0.25) is 0 Å². The summed E-state index contributed by atoms with van der Waals surface area (Å²) in [6.45, 7) is 3.73. The number of hydrogen-bond donors (Lipinski definition) is 0. The summed E-state index contributed by atoms with van der Waals surface area (Å²) in [5, 5.41) is 7.90. The van der Waals surface area contributed by atoms with Crippen LogP contribution in [-0.4, -0.2) is 33.5 Å². The van der Waals surface area contributed by atoms with Crippen molar-refractivity contribution in [3.8, 4) is 0 Å². The largest absolute Gasteiger partial charge is 0.300 e. The van der Waals surface area contributed by atoms with E-state index in [-0.39, 0.29) is 0 Å². The van der Waals surface area contributed by atoms with Crippen LogP contribution in [0.25, 0.3) is 0 Å². The summed E-state index contributed by atoms with van der Waals surface area (Å²) in [7, 11) is 0. The SMILES string of the molecule is CC1CC(=O)CCN1Cc1cccnn1. The summed E-state index contributed by atoms with van der Waals surface area (Å²) < 4.78 is 0. The van der Waals surface area contributed by atoms with E-state index in [4.69, 9.17) is 0 Å². The van der Waals surface area contributed by atoms with Crippen LogP contribution in [0.2, 0.25) is 0 Å². The molecule has 1 unspecified atom stereocenters. The molecule has 2 rings (SSSR count). The lowest BCUT2D eigenvalue weighted by Gasteiger charge is -2.31. The molecule has 0 amide bonds. The number of ketones is 1. The average Bonchev–Trinajstić information content (AvgIpc) is 2.24. The number of likely N-dealkylation sites (tertiary alicyclic amines) is 1. The molecule has 4 heteroatoms. The molecule has 2 heterocycles. The third-order valence-electron chi connectivity index (χ3n) is 2.82. The van der Waals surface area contributed by atoms with E-state index in [1.165, 1.54) is 0 Å². The lowest BCUT2D eigenvalue weighted by atomic mass is 10.0. The van der Waals surface area contributed by atoms with Crippen molar-refractivity contribution in [2.24, 2.45) is 0 Å². The highest BCUT2D eigenvalue weighted by molar-refractivity contribution is 5.79. The van der Waals surface area contributed by atoms with Gasteiger partial charge in [0.25, 0.3) is 0 Å². The van der Waals surface area contributed by atoms with E-state index in [9.17, 15) is 4.79 Å². The minimum absolute atomic E-state index is 0.327. The zero-order chi connectivity index (χ0) is 10.7. The average molecular weight is 205 g/mol. The Bertz CT molecular complexity index is 339. The molecule has 0 aliphatic carbocycles. The van der Waals surface area contributed by atoms with Gasteiger partial charge in [0.05, 0.1) is 5.69 Å². The first-order chi connectivity index (χ1) is 7.25. The maximum atomic E-state index is 11.2. The predicted octanol–water partition coefficient (Wildman–Crippen LogP) is 1.03. The third kappa shape index (κ3) is 2.59. The summed E-state index contributed by atoms with van der Waals surface area (Å²) >= 11 is 0. The van der Waals surface area contributed by atoms with Crippen molar-refractivity contribution in [1.82, 2.24) is 15.1 Å². The minimum Gasteiger partial charge on any atom is -0.300 e. The van der Waals surface area contributed by atoms with Gasteiger partial charge in [-0.2, -0.15) is 10.2 Å². The molecule has 1 fully saturated rings. The van der Waals surface area contributed by atoms with Crippen LogP contribution in [-0.2, 0) is 11.3 Å². The van der Waals surface area contributed by atoms with E-state index in [1.807, 2.05) is 12.1 Å². The Morgan fingerprint density at radius 1 is 1.60 bits per heavy atom. The van der Waals surface area contributed by atoms with E-state index in [2.05, 4.69) is 22.0 Å².